The Morgan fingerprint density at radius 3 is 2.48 bits per heavy atom. The highest BCUT2D eigenvalue weighted by molar-refractivity contribution is 14.0. The van der Waals surface area contributed by atoms with Crippen molar-refractivity contribution >= 4 is 35.9 Å². The second kappa shape index (κ2) is 10.9. The SMILES string of the molecule is C=CCN1CCC(NC(=NC)NCC(=O)OC(C)(C)C)CC1.I. The van der Waals surface area contributed by atoms with E-state index >= 15 is 0 Å². The zero-order valence-corrected chi connectivity index (χ0v) is 17.1. The Hall–Kier alpha value is -0.830. The predicted octanol–water partition coefficient (Wildman–Crippen LogP) is 1.76. The van der Waals surface area contributed by atoms with E-state index in [1.165, 1.54) is 0 Å². The number of aliphatic imine (C=N–C) groups is 1. The number of rotatable bonds is 5. The van der Waals surface area contributed by atoms with Crippen molar-refractivity contribution in [2.24, 2.45) is 4.99 Å². The second-order valence-electron chi connectivity index (χ2n) is 6.52. The molecule has 0 aromatic rings. The van der Waals surface area contributed by atoms with E-state index in [-0.39, 0.29) is 36.5 Å². The number of nitrogens with one attached hydrogen (secondary N) is 2. The molecule has 0 bridgehead atoms. The van der Waals surface area contributed by atoms with Crippen molar-refractivity contribution < 1.29 is 9.53 Å². The lowest BCUT2D eigenvalue weighted by Gasteiger charge is -2.32. The molecule has 0 atom stereocenters. The van der Waals surface area contributed by atoms with Gasteiger partial charge in [-0.2, -0.15) is 0 Å². The van der Waals surface area contributed by atoms with Gasteiger partial charge >= 0.3 is 5.97 Å². The molecule has 1 fully saturated rings. The van der Waals surface area contributed by atoms with Crippen LogP contribution in [-0.4, -0.2) is 61.7 Å². The Kier molecular flexibility index (Phi) is 10.5. The van der Waals surface area contributed by atoms with Gasteiger partial charge in [-0.05, 0) is 33.6 Å². The number of hydrogen-bond donors (Lipinski definition) is 2. The van der Waals surface area contributed by atoms with Crippen LogP contribution >= 0.6 is 24.0 Å². The number of hydrogen-bond acceptors (Lipinski definition) is 4. The van der Waals surface area contributed by atoms with Crippen molar-refractivity contribution in [1.29, 1.82) is 0 Å². The Morgan fingerprint density at radius 1 is 1.39 bits per heavy atom. The fraction of sp³-hybridized carbons (Fsp3) is 0.750. The van der Waals surface area contributed by atoms with Crippen molar-refractivity contribution in [3.8, 4) is 0 Å². The minimum absolute atomic E-state index is 0. The molecule has 1 heterocycles. The number of ether oxygens (including phenoxy) is 1. The topological polar surface area (TPSA) is 66.0 Å². The summed E-state index contributed by atoms with van der Waals surface area (Å²) in [5, 5.41) is 6.38. The van der Waals surface area contributed by atoms with Gasteiger partial charge < -0.3 is 15.4 Å². The van der Waals surface area contributed by atoms with Gasteiger partial charge in [-0.3, -0.25) is 14.7 Å². The molecule has 1 saturated heterocycles. The molecule has 0 aromatic heterocycles. The van der Waals surface area contributed by atoms with Gasteiger partial charge in [-0.25, -0.2) is 0 Å². The monoisotopic (exact) mass is 438 g/mol. The summed E-state index contributed by atoms with van der Waals surface area (Å²) in [6, 6.07) is 0.380. The third-order valence-corrected chi connectivity index (χ3v) is 3.36. The van der Waals surface area contributed by atoms with Gasteiger partial charge in [-0.15, -0.1) is 30.6 Å². The summed E-state index contributed by atoms with van der Waals surface area (Å²) in [7, 11) is 1.71. The maximum absolute atomic E-state index is 11.7. The van der Waals surface area contributed by atoms with Crippen LogP contribution < -0.4 is 10.6 Å². The predicted molar refractivity (Wildman–Crippen MR) is 105 cm³/mol. The number of carbonyl (C=O) groups excluding carboxylic acids is 1. The van der Waals surface area contributed by atoms with Crippen molar-refractivity contribution in [2.75, 3.05) is 33.2 Å². The molecule has 2 N–H and O–H groups in total. The first-order valence-corrected chi connectivity index (χ1v) is 7.86. The van der Waals surface area contributed by atoms with E-state index in [0.29, 0.717) is 12.0 Å². The summed E-state index contributed by atoms with van der Waals surface area (Å²) < 4.78 is 5.26. The molecule has 23 heavy (non-hydrogen) atoms. The maximum atomic E-state index is 11.7. The van der Waals surface area contributed by atoms with Crippen LogP contribution in [0.2, 0.25) is 0 Å². The Morgan fingerprint density at radius 2 is 2.00 bits per heavy atom. The average molecular weight is 438 g/mol. The molecule has 1 aliphatic rings. The van der Waals surface area contributed by atoms with E-state index in [9.17, 15) is 4.79 Å². The van der Waals surface area contributed by atoms with Gasteiger partial charge in [0.25, 0.3) is 0 Å². The normalized spacial score (nSPS) is 17.1. The van der Waals surface area contributed by atoms with E-state index in [1.54, 1.807) is 7.05 Å². The van der Waals surface area contributed by atoms with Gasteiger partial charge in [0, 0.05) is 32.7 Å². The van der Waals surface area contributed by atoms with Crippen LogP contribution in [0.4, 0.5) is 0 Å². The van der Waals surface area contributed by atoms with Crippen molar-refractivity contribution in [2.45, 2.75) is 45.3 Å². The minimum Gasteiger partial charge on any atom is -0.459 e. The number of guanidine groups is 1. The lowest BCUT2D eigenvalue weighted by molar-refractivity contribution is -0.153. The Bertz CT molecular complexity index is 399. The zero-order chi connectivity index (χ0) is 16.6. The number of likely N-dealkylation sites (tertiary alicyclic amines) is 1. The minimum atomic E-state index is -0.465. The molecule has 0 aromatic carbocycles. The molecule has 1 aliphatic heterocycles. The molecule has 0 spiro atoms. The van der Waals surface area contributed by atoms with E-state index < -0.39 is 5.60 Å². The summed E-state index contributed by atoms with van der Waals surface area (Å²) in [5.41, 5.74) is -0.465. The highest BCUT2D eigenvalue weighted by Gasteiger charge is 2.20. The molecule has 0 amide bonds. The maximum Gasteiger partial charge on any atom is 0.325 e. The molecule has 134 valence electrons. The van der Waals surface area contributed by atoms with Crippen LogP contribution in [0, 0.1) is 0 Å². The van der Waals surface area contributed by atoms with Crippen molar-refractivity contribution in [1.82, 2.24) is 15.5 Å². The van der Waals surface area contributed by atoms with Crippen LogP contribution in [0.1, 0.15) is 33.6 Å². The molecule has 0 radical (unpaired) electrons. The molecular formula is C16H31IN4O2. The third-order valence-electron chi connectivity index (χ3n) is 3.36. The summed E-state index contributed by atoms with van der Waals surface area (Å²) in [4.78, 5) is 18.2. The number of piperidine rings is 1. The smallest absolute Gasteiger partial charge is 0.325 e. The van der Waals surface area contributed by atoms with Crippen LogP contribution in [0.25, 0.3) is 0 Å². The van der Waals surface area contributed by atoms with Gasteiger partial charge in [0.2, 0.25) is 0 Å². The summed E-state index contributed by atoms with van der Waals surface area (Å²) in [6.45, 7) is 12.5. The molecule has 1 rings (SSSR count). The molecule has 7 heteroatoms. The lowest BCUT2D eigenvalue weighted by Crippen LogP contribution is -2.49. The number of nitrogens with zero attached hydrogens (tertiary/aromatic N) is 2. The van der Waals surface area contributed by atoms with Crippen molar-refractivity contribution in [3.05, 3.63) is 12.7 Å². The summed E-state index contributed by atoms with van der Waals surface area (Å²) in [6.07, 6.45) is 4.05. The number of halogens is 1. The number of carbonyl (C=O) groups is 1. The first-order chi connectivity index (χ1) is 10.3. The van der Waals surface area contributed by atoms with E-state index in [1.807, 2.05) is 26.8 Å². The van der Waals surface area contributed by atoms with E-state index in [2.05, 4.69) is 27.1 Å². The fourth-order valence-electron chi connectivity index (χ4n) is 2.36. The van der Waals surface area contributed by atoms with E-state index in [4.69, 9.17) is 4.74 Å². The number of esters is 1. The lowest BCUT2D eigenvalue weighted by atomic mass is 10.1. The Labute approximate surface area is 157 Å². The van der Waals surface area contributed by atoms with Gasteiger partial charge in [0.1, 0.15) is 12.1 Å². The zero-order valence-electron chi connectivity index (χ0n) is 14.7. The molecule has 0 unspecified atom stereocenters. The highest BCUT2D eigenvalue weighted by Crippen LogP contribution is 2.10. The Balaban J connectivity index is 0.00000484. The highest BCUT2D eigenvalue weighted by atomic mass is 127. The average Bonchev–Trinajstić information content (AvgIpc) is 2.43. The first-order valence-electron chi connectivity index (χ1n) is 7.86. The first kappa shape index (κ1) is 22.2. The summed E-state index contributed by atoms with van der Waals surface area (Å²) >= 11 is 0. The molecule has 6 nitrogen and oxygen atoms in total. The standard InChI is InChI=1S/C16H30N4O2.HI/c1-6-9-20-10-7-13(8-11-20)19-15(17-5)18-12-14(21)22-16(2,3)4;/h6,13H,1,7-12H2,2-5H3,(H2,17,18,19);1H. The van der Waals surface area contributed by atoms with Gasteiger partial charge in [-0.1, -0.05) is 6.08 Å². The third kappa shape index (κ3) is 9.80. The van der Waals surface area contributed by atoms with Gasteiger partial charge in [0.15, 0.2) is 5.96 Å². The van der Waals surface area contributed by atoms with Crippen LogP contribution in [0.5, 0.6) is 0 Å². The quantitative estimate of drug-likeness (QED) is 0.225. The van der Waals surface area contributed by atoms with Crippen LogP contribution in [0.15, 0.2) is 17.6 Å². The largest absolute Gasteiger partial charge is 0.459 e. The fourth-order valence-corrected chi connectivity index (χ4v) is 2.36. The van der Waals surface area contributed by atoms with E-state index in [0.717, 1.165) is 32.5 Å². The molecule has 0 saturated carbocycles. The van der Waals surface area contributed by atoms with Crippen LogP contribution in [-0.2, 0) is 9.53 Å². The second-order valence-corrected chi connectivity index (χ2v) is 6.52. The van der Waals surface area contributed by atoms with Crippen molar-refractivity contribution in [3.63, 3.8) is 0 Å². The molecule has 0 aliphatic carbocycles. The van der Waals surface area contributed by atoms with Crippen LogP contribution in [0.3, 0.4) is 0 Å². The molecular weight excluding hydrogens is 407 g/mol. The summed E-state index contributed by atoms with van der Waals surface area (Å²) in [5.74, 6) is 0.365. The van der Waals surface area contributed by atoms with Gasteiger partial charge in [0.05, 0.1) is 0 Å².